The van der Waals surface area contributed by atoms with E-state index in [1.54, 1.807) is 48.4 Å². The molecule has 0 aliphatic heterocycles. The van der Waals surface area contributed by atoms with Gasteiger partial charge in [-0.15, -0.1) is 21.5 Å². The lowest BCUT2D eigenvalue weighted by Crippen LogP contribution is -2.16. The van der Waals surface area contributed by atoms with E-state index in [1.807, 2.05) is 29.7 Å². The molecule has 0 radical (unpaired) electrons. The Morgan fingerprint density at radius 3 is 2.71 bits per heavy atom. The Morgan fingerprint density at radius 1 is 1.16 bits per heavy atom. The zero-order chi connectivity index (χ0) is 21.8. The second kappa shape index (κ2) is 9.99. The lowest BCUT2D eigenvalue weighted by Gasteiger charge is -2.17. The third-order valence-electron chi connectivity index (χ3n) is 4.71. The van der Waals surface area contributed by atoms with Gasteiger partial charge in [0.15, 0.2) is 22.5 Å². The van der Waals surface area contributed by atoms with Gasteiger partial charge in [-0.1, -0.05) is 53.7 Å². The average Bonchev–Trinajstić information content (AvgIpc) is 3.33. The minimum atomic E-state index is -0.410. The molecule has 2 heterocycles. The summed E-state index contributed by atoms with van der Waals surface area (Å²) < 4.78 is 28.0. The average molecular weight is 478 g/mol. The Kier molecular flexibility index (Phi) is 7.12. The molecule has 0 amide bonds. The van der Waals surface area contributed by atoms with Crippen LogP contribution in [0.3, 0.4) is 0 Å². The molecule has 4 rings (SSSR count). The molecule has 0 aliphatic rings. The first-order valence-corrected chi connectivity index (χ1v) is 11.8. The first-order chi connectivity index (χ1) is 15.1. The number of benzene rings is 2. The predicted molar refractivity (Wildman–Crippen MR) is 124 cm³/mol. The van der Waals surface area contributed by atoms with Gasteiger partial charge in [-0.05, 0) is 25.1 Å². The monoisotopic (exact) mass is 477 g/mol. The molecule has 0 unspecified atom stereocenters. The SMILES string of the molecule is COC[C@H](C)n1c(COc2ccccc2F)nnc1SCc1sc2ccccc2c1Cl. The van der Waals surface area contributed by atoms with Gasteiger partial charge in [0.2, 0.25) is 0 Å². The van der Waals surface area contributed by atoms with Gasteiger partial charge in [0.25, 0.3) is 0 Å². The molecule has 9 heteroatoms. The maximum absolute atomic E-state index is 13.9. The van der Waals surface area contributed by atoms with Gasteiger partial charge in [-0.2, -0.15) is 0 Å². The highest BCUT2D eigenvalue weighted by molar-refractivity contribution is 7.98. The summed E-state index contributed by atoms with van der Waals surface area (Å²) in [7, 11) is 1.65. The van der Waals surface area contributed by atoms with Crippen LogP contribution in [0.2, 0.25) is 5.02 Å². The molecule has 31 heavy (non-hydrogen) atoms. The number of ether oxygens (including phenoxy) is 2. The summed E-state index contributed by atoms with van der Waals surface area (Å²) in [5.74, 6) is 1.05. The fourth-order valence-corrected chi connectivity index (χ4v) is 5.97. The number of para-hydroxylation sites is 1. The Labute approximate surface area is 193 Å². The molecule has 1 atom stereocenters. The number of rotatable bonds is 9. The van der Waals surface area contributed by atoms with Crippen LogP contribution in [0.1, 0.15) is 23.7 Å². The summed E-state index contributed by atoms with van der Waals surface area (Å²) in [5.41, 5.74) is 0. The van der Waals surface area contributed by atoms with Crippen LogP contribution in [-0.2, 0) is 17.1 Å². The zero-order valence-electron chi connectivity index (χ0n) is 17.0. The molecule has 2 aromatic carbocycles. The lowest BCUT2D eigenvalue weighted by atomic mass is 10.2. The molecule has 0 spiro atoms. The highest BCUT2D eigenvalue weighted by Crippen LogP contribution is 2.38. The minimum Gasteiger partial charge on any atom is -0.483 e. The van der Waals surface area contributed by atoms with Crippen molar-refractivity contribution in [2.24, 2.45) is 0 Å². The highest BCUT2D eigenvalue weighted by Gasteiger charge is 2.20. The van der Waals surface area contributed by atoms with Crippen molar-refractivity contribution in [2.75, 3.05) is 13.7 Å². The Balaban J connectivity index is 1.55. The molecule has 0 fully saturated rings. The third kappa shape index (κ3) is 4.87. The summed E-state index contributed by atoms with van der Waals surface area (Å²) >= 11 is 9.83. The van der Waals surface area contributed by atoms with E-state index in [0.29, 0.717) is 18.2 Å². The number of hydrogen-bond acceptors (Lipinski definition) is 6. The van der Waals surface area contributed by atoms with Crippen molar-refractivity contribution in [3.05, 3.63) is 70.1 Å². The Bertz CT molecular complexity index is 1180. The maximum atomic E-state index is 13.9. The first-order valence-electron chi connectivity index (χ1n) is 9.67. The van der Waals surface area contributed by atoms with Crippen molar-refractivity contribution in [1.29, 1.82) is 0 Å². The van der Waals surface area contributed by atoms with Crippen molar-refractivity contribution >= 4 is 44.8 Å². The van der Waals surface area contributed by atoms with E-state index in [2.05, 4.69) is 16.3 Å². The second-order valence-electron chi connectivity index (χ2n) is 6.92. The van der Waals surface area contributed by atoms with Gasteiger partial charge in [-0.3, -0.25) is 4.57 Å². The van der Waals surface area contributed by atoms with Crippen LogP contribution < -0.4 is 4.74 Å². The first kappa shape index (κ1) is 22.1. The van der Waals surface area contributed by atoms with E-state index in [0.717, 1.165) is 25.1 Å². The summed E-state index contributed by atoms with van der Waals surface area (Å²) in [6.45, 7) is 2.62. The number of aromatic nitrogens is 3. The van der Waals surface area contributed by atoms with E-state index in [-0.39, 0.29) is 18.4 Å². The second-order valence-corrected chi connectivity index (χ2v) is 9.37. The van der Waals surface area contributed by atoms with Crippen LogP contribution >= 0.6 is 34.7 Å². The van der Waals surface area contributed by atoms with Gasteiger partial charge in [0.05, 0.1) is 17.7 Å². The number of nitrogens with zero attached hydrogens (tertiary/aromatic N) is 3. The van der Waals surface area contributed by atoms with E-state index in [1.165, 1.54) is 6.07 Å². The smallest absolute Gasteiger partial charge is 0.192 e. The van der Waals surface area contributed by atoms with Crippen LogP contribution in [0.5, 0.6) is 5.75 Å². The predicted octanol–water partition coefficient (Wildman–Crippen LogP) is 6.36. The van der Waals surface area contributed by atoms with Crippen molar-refractivity contribution in [3.8, 4) is 5.75 Å². The molecule has 2 aromatic heterocycles. The molecule has 4 aromatic rings. The number of hydrogen-bond donors (Lipinski definition) is 0. The molecular weight excluding hydrogens is 457 g/mol. The van der Waals surface area contributed by atoms with E-state index in [4.69, 9.17) is 21.1 Å². The fourth-order valence-electron chi connectivity index (χ4n) is 3.25. The molecule has 0 bridgehead atoms. The van der Waals surface area contributed by atoms with Crippen molar-refractivity contribution in [1.82, 2.24) is 14.8 Å². The number of thiophene rings is 1. The number of methoxy groups -OCH3 is 1. The van der Waals surface area contributed by atoms with Crippen molar-refractivity contribution in [3.63, 3.8) is 0 Å². The van der Waals surface area contributed by atoms with E-state index < -0.39 is 5.82 Å². The summed E-state index contributed by atoms with van der Waals surface area (Å²) in [6, 6.07) is 14.4. The minimum absolute atomic E-state index is 0.0143. The number of halogens is 2. The van der Waals surface area contributed by atoms with Gasteiger partial charge in [0, 0.05) is 27.8 Å². The number of fused-ring (bicyclic) bond motifs is 1. The van der Waals surface area contributed by atoms with E-state index in [9.17, 15) is 4.39 Å². The summed E-state index contributed by atoms with van der Waals surface area (Å²) in [6.07, 6.45) is 0. The molecule has 0 N–H and O–H groups in total. The van der Waals surface area contributed by atoms with E-state index >= 15 is 0 Å². The topological polar surface area (TPSA) is 49.2 Å². The normalized spacial score (nSPS) is 12.4. The molecule has 0 saturated heterocycles. The molecule has 162 valence electrons. The lowest BCUT2D eigenvalue weighted by molar-refractivity contribution is 0.154. The van der Waals surface area contributed by atoms with Crippen LogP contribution in [0.25, 0.3) is 10.1 Å². The molecule has 0 aliphatic carbocycles. The van der Waals surface area contributed by atoms with Gasteiger partial charge in [-0.25, -0.2) is 4.39 Å². The summed E-state index contributed by atoms with van der Waals surface area (Å²) in [5, 5.41) is 11.3. The van der Waals surface area contributed by atoms with Crippen LogP contribution in [0.15, 0.2) is 53.7 Å². The van der Waals surface area contributed by atoms with Crippen molar-refractivity contribution < 1.29 is 13.9 Å². The van der Waals surface area contributed by atoms with Crippen LogP contribution in [0.4, 0.5) is 4.39 Å². The molecular formula is C22H21ClFN3O2S2. The van der Waals surface area contributed by atoms with Crippen LogP contribution in [-0.4, -0.2) is 28.5 Å². The van der Waals surface area contributed by atoms with Gasteiger partial charge >= 0.3 is 0 Å². The quantitative estimate of drug-likeness (QED) is 0.262. The summed E-state index contributed by atoms with van der Waals surface area (Å²) in [4.78, 5) is 1.09. The third-order valence-corrected chi connectivity index (χ3v) is 7.58. The van der Waals surface area contributed by atoms with Gasteiger partial charge < -0.3 is 9.47 Å². The molecule has 5 nitrogen and oxygen atoms in total. The molecule has 0 saturated carbocycles. The Morgan fingerprint density at radius 2 is 1.94 bits per heavy atom. The largest absolute Gasteiger partial charge is 0.483 e. The van der Waals surface area contributed by atoms with Crippen molar-refractivity contribution in [2.45, 2.75) is 30.5 Å². The standard InChI is InChI=1S/C22H21ClFN3O2S2/c1-14(11-28-2)27-20(12-29-17-9-5-4-8-16(17)24)25-26-22(27)30-13-19-21(23)15-7-3-6-10-18(15)31-19/h3-10,14H,11-13H2,1-2H3/t14-/m0/s1. The fraction of sp³-hybridized carbons (Fsp3) is 0.273. The zero-order valence-corrected chi connectivity index (χ0v) is 19.4. The highest BCUT2D eigenvalue weighted by atomic mass is 35.5. The Hall–Kier alpha value is -2.13. The van der Waals surface area contributed by atoms with Crippen LogP contribution in [0, 0.1) is 5.82 Å². The number of thioether (sulfide) groups is 1. The van der Waals surface area contributed by atoms with Gasteiger partial charge in [0.1, 0.15) is 6.61 Å². The maximum Gasteiger partial charge on any atom is 0.192 e.